The lowest BCUT2D eigenvalue weighted by Gasteiger charge is -2.27. The molecule has 0 saturated heterocycles. The molecular weight excluding hydrogens is 392 g/mol. The fourth-order valence-electron chi connectivity index (χ4n) is 2.15. The van der Waals surface area contributed by atoms with Gasteiger partial charge >= 0.3 is 0 Å². The standard InChI is InChI=1S/C16H22N4O3S3/c1-11(2)10-24-16-19-18-15(25-16)17-14(21)12(3)20(26(4,22)23)13-8-6-5-7-9-13/h5-9,11-12H,10H2,1-4H3,(H,17,18,21)/t12-/m0/s1. The number of carbonyl (C=O) groups is 1. The van der Waals surface area contributed by atoms with Gasteiger partial charge in [0.2, 0.25) is 21.1 Å². The lowest BCUT2D eigenvalue weighted by Crippen LogP contribution is -2.45. The molecule has 10 heteroatoms. The molecule has 0 aliphatic carbocycles. The third-order valence-electron chi connectivity index (χ3n) is 3.28. The highest BCUT2D eigenvalue weighted by Gasteiger charge is 2.29. The highest BCUT2D eigenvalue weighted by Crippen LogP contribution is 2.27. The van der Waals surface area contributed by atoms with Gasteiger partial charge in [0.15, 0.2) is 4.34 Å². The van der Waals surface area contributed by atoms with E-state index < -0.39 is 22.0 Å². The average molecular weight is 415 g/mol. The first-order valence-corrected chi connectivity index (χ1v) is 11.6. The van der Waals surface area contributed by atoms with E-state index in [9.17, 15) is 13.2 Å². The predicted octanol–water partition coefficient (Wildman–Crippen LogP) is 3.08. The van der Waals surface area contributed by atoms with Gasteiger partial charge in [-0.1, -0.05) is 55.1 Å². The number of thioether (sulfide) groups is 1. The number of nitrogens with zero attached hydrogens (tertiary/aromatic N) is 3. The van der Waals surface area contributed by atoms with E-state index in [1.165, 1.54) is 11.3 Å². The summed E-state index contributed by atoms with van der Waals surface area (Å²) in [5.74, 6) is 0.974. The van der Waals surface area contributed by atoms with Gasteiger partial charge in [-0.25, -0.2) is 8.42 Å². The Labute approximate surface area is 162 Å². The summed E-state index contributed by atoms with van der Waals surface area (Å²) in [5.41, 5.74) is 0.433. The maximum absolute atomic E-state index is 12.6. The number of anilines is 2. The van der Waals surface area contributed by atoms with Crippen molar-refractivity contribution in [2.24, 2.45) is 5.92 Å². The van der Waals surface area contributed by atoms with Crippen molar-refractivity contribution < 1.29 is 13.2 Å². The van der Waals surface area contributed by atoms with Crippen LogP contribution in [0.3, 0.4) is 0 Å². The Bertz CT molecular complexity index is 837. The number of amides is 1. The van der Waals surface area contributed by atoms with Gasteiger partial charge in [-0.3, -0.25) is 14.4 Å². The second-order valence-corrected chi connectivity index (χ2v) is 10.2. The summed E-state index contributed by atoms with van der Waals surface area (Å²) in [4.78, 5) is 12.6. The molecule has 0 aliphatic heterocycles. The van der Waals surface area contributed by atoms with Crippen LogP contribution in [0.2, 0.25) is 0 Å². The quantitative estimate of drug-likeness (QED) is 0.527. The monoisotopic (exact) mass is 414 g/mol. The van der Waals surface area contributed by atoms with Crippen molar-refractivity contribution in [3.63, 3.8) is 0 Å². The van der Waals surface area contributed by atoms with Crippen molar-refractivity contribution in [2.75, 3.05) is 21.6 Å². The number of sulfonamides is 1. The first-order chi connectivity index (χ1) is 12.2. The Morgan fingerprint density at radius 3 is 2.46 bits per heavy atom. The van der Waals surface area contributed by atoms with Crippen molar-refractivity contribution >= 4 is 49.8 Å². The second-order valence-electron chi connectivity index (χ2n) is 6.14. The Kier molecular flexibility index (Phi) is 7.01. The lowest BCUT2D eigenvalue weighted by molar-refractivity contribution is -0.116. The number of hydrogen-bond donors (Lipinski definition) is 1. The van der Waals surface area contributed by atoms with E-state index in [1.807, 2.05) is 0 Å². The summed E-state index contributed by atoms with van der Waals surface area (Å²) >= 11 is 2.86. The molecule has 1 aromatic carbocycles. The van der Waals surface area contributed by atoms with Crippen LogP contribution in [-0.4, -0.2) is 42.6 Å². The molecule has 1 aromatic heterocycles. The number of aromatic nitrogens is 2. The number of hydrogen-bond acceptors (Lipinski definition) is 7. The van der Waals surface area contributed by atoms with Gasteiger partial charge in [0.1, 0.15) is 6.04 Å². The molecule has 0 radical (unpaired) electrons. The molecule has 1 heterocycles. The van der Waals surface area contributed by atoms with Crippen LogP contribution in [0.4, 0.5) is 10.8 Å². The number of carbonyl (C=O) groups excluding carboxylic acids is 1. The number of para-hydroxylation sites is 1. The molecule has 1 atom stereocenters. The molecule has 2 rings (SSSR count). The van der Waals surface area contributed by atoms with Gasteiger partial charge in [-0.15, -0.1) is 10.2 Å². The highest BCUT2D eigenvalue weighted by molar-refractivity contribution is 8.01. The highest BCUT2D eigenvalue weighted by atomic mass is 32.2. The van der Waals surface area contributed by atoms with E-state index in [4.69, 9.17) is 0 Å². The van der Waals surface area contributed by atoms with E-state index in [-0.39, 0.29) is 0 Å². The Hall–Kier alpha value is -1.65. The van der Waals surface area contributed by atoms with Crippen LogP contribution in [-0.2, 0) is 14.8 Å². The van der Waals surface area contributed by atoms with Crippen LogP contribution in [0.15, 0.2) is 34.7 Å². The van der Waals surface area contributed by atoms with Crippen LogP contribution in [0.5, 0.6) is 0 Å². The maximum Gasteiger partial charge on any atom is 0.249 e. The molecule has 142 valence electrons. The fraction of sp³-hybridized carbons (Fsp3) is 0.438. The second kappa shape index (κ2) is 8.83. The first kappa shape index (κ1) is 20.7. The van der Waals surface area contributed by atoms with Crippen molar-refractivity contribution in [1.29, 1.82) is 0 Å². The van der Waals surface area contributed by atoms with E-state index >= 15 is 0 Å². The van der Waals surface area contributed by atoms with Gasteiger partial charge in [-0.05, 0) is 25.0 Å². The van der Waals surface area contributed by atoms with Crippen LogP contribution >= 0.6 is 23.1 Å². The molecule has 0 spiro atoms. The van der Waals surface area contributed by atoms with E-state index in [2.05, 4.69) is 29.4 Å². The zero-order valence-electron chi connectivity index (χ0n) is 15.0. The third kappa shape index (κ3) is 5.68. The average Bonchev–Trinajstić information content (AvgIpc) is 3.00. The smallest absolute Gasteiger partial charge is 0.249 e. The molecule has 0 unspecified atom stereocenters. The molecule has 1 amide bonds. The van der Waals surface area contributed by atoms with Crippen molar-refractivity contribution in [3.8, 4) is 0 Å². The molecule has 26 heavy (non-hydrogen) atoms. The molecular formula is C16H22N4O3S3. The van der Waals surface area contributed by atoms with E-state index in [0.717, 1.165) is 20.7 Å². The van der Waals surface area contributed by atoms with E-state index in [0.29, 0.717) is 16.7 Å². The number of nitrogens with one attached hydrogen (secondary N) is 1. The molecule has 0 aliphatic rings. The summed E-state index contributed by atoms with van der Waals surface area (Å²) in [5, 5.41) is 11.0. The van der Waals surface area contributed by atoms with Gasteiger partial charge < -0.3 is 0 Å². The van der Waals surface area contributed by atoms with Crippen LogP contribution < -0.4 is 9.62 Å². The molecule has 0 saturated carbocycles. The Morgan fingerprint density at radius 2 is 1.88 bits per heavy atom. The molecule has 0 fully saturated rings. The van der Waals surface area contributed by atoms with E-state index in [1.54, 1.807) is 49.0 Å². The summed E-state index contributed by atoms with van der Waals surface area (Å²) < 4.78 is 26.3. The normalized spacial score (nSPS) is 12.8. The SMILES string of the molecule is CC(C)CSc1nnc(NC(=O)[C@H](C)N(c2ccccc2)S(C)(=O)=O)s1. The summed E-state index contributed by atoms with van der Waals surface area (Å²) in [7, 11) is -3.63. The molecule has 2 aromatic rings. The summed E-state index contributed by atoms with van der Waals surface area (Å²) in [6, 6.07) is 7.60. The zero-order chi connectivity index (χ0) is 19.3. The maximum atomic E-state index is 12.6. The third-order valence-corrected chi connectivity index (χ3v) is 6.92. The number of rotatable bonds is 8. The minimum atomic E-state index is -3.63. The van der Waals surface area contributed by atoms with Crippen LogP contribution in [0.25, 0.3) is 0 Å². The number of benzene rings is 1. The largest absolute Gasteiger partial charge is 0.299 e. The fourth-order valence-corrected chi connectivity index (χ4v) is 5.06. The molecule has 0 bridgehead atoms. The first-order valence-electron chi connectivity index (χ1n) is 8.00. The van der Waals surface area contributed by atoms with Gasteiger partial charge in [-0.2, -0.15) is 0 Å². The Morgan fingerprint density at radius 1 is 1.23 bits per heavy atom. The minimum Gasteiger partial charge on any atom is -0.299 e. The zero-order valence-corrected chi connectivity index (χ0v) is 17.5. The van der Waals surface area contributed by atoms with Crippen molar-refractivity contribution in [3.05, 3.63) is 30.3 Å². The predicted molar refractivity (Wildman–Crippen MR) is 107 cm³/mol. The minimum absolute atomic E-state index is 0.356. The summed E-state index contributed by atoms with van der Waals surface area (Å²) in [6.45, 7) is 5.77. The summed E-state index contributed by atoms with van der Waals surface area (Å²) in [6.07, 6.45) is 1.08. The van der Waals surface area contributed by atoms with Crippen LogP contribution in [0, 0.1) is 5.92 Å². The van der Waals surface area contributed by atoms with Gasteiger partial charge in [0.25, 0.3) is 0 Å². The van der Waals surface area contributed by atoms with Gasteiger partial charge in [0.05, 0.1) is 11.9 Å². The Balaban J connectivity index is 2.12. The van der Waals surface area contributed by atoms with Crippen LogP contribution in [0.1, 0.15) is 20.8 Å². The molecule has 1 N–H and O–H groups in total. The van der Waals surface area contributed by atoms with Gasteiger partial charge in [0, 0.05) is 5.75 Å². The lowest BCUT2D eigenvalue weighted by atomic mass is 10.2. The molecule has 7 nitrogen and oxygen atoms in total. The topological polar surface area (TPSA) is 92.3 Å². The van der Waals surface area contributed by atoms with Crippen molar-refractivity contribution in [1.82, 2.24) is 10.2 Å². The van der Waals surface area contributed by atoms with Crippen molar-refractivity contribution in [2.45, 2.75) is 31.2 Å².